The molecule has 120 valence electrons. The van der Waals surface area contributed by atoms with E-state index in [0.29, 0.717) is 33.7 Å². The molecule has 1 N–H and O–H groups in total. The fraction of sp³-hybridized carbons (Fsp3) is 0.533. The zero-order valence-electron chi connectivity index (χ0n) is 12.6. The average Bonchev–Trinajstić information content (AvgIpc) is 3.27. The number of aliphatic hydroxyl groups is 1. The minimum atomic E-state index is -0.608. The van der Waals surface area contributed by atoms with Crippen molar-refractivity contribution in [3.05, 3.63) is 32.7 Å². The average molecular weight is 344 g/mol. The Morgan fingerprint density at radius 2 is 1.91 bits per heavy atom. The van der Waals surface area contributed by atoms with E-state index in [4.69, 9.17) is 23.2 Å². The van der Waals surface area contributed by atoms with Crippen LogP contribution in [-0.4, -0.2) is 44.9 Å². The molecule has 22 heavy (non-hydrogen) atoms. The van der Waals surface area contributed by atoms with Crippen molar-refractivity contribution in [1.82, 2.24) is 14.0 Å². The van der Waals surface area contributed by atoms with Crippen molar-refractivity contribution in [1.29, 1.82) is 0 Å². The van der Waals surface area contributed by atoms with Crippen molar-refractivity contribution >= 4 is 34.2 Å². The number of nitrogens with zero attached hydrogens (tertiary/aromatic N) is 3. The molecule has 0 amide bonds. The van der Waals surface area contributed by atoms with E-state index < -0.39 is 6.10 Å². The Morgan fingerprint density at radius 3 is 2.50 bits per heavy atom. The SMILES string of the molecule is CN(CC(O)Cn1c(=O)n(C)c2cc(Cl)c(Cl)cc21)C1CC1. The second-order valence-electron chi connectivity index (χ2n) is 6.03. The maximum Gasteiger partial charge on any atom is 0.328 e. The van der Waals surface area contributed by atoms with Crippen LogP contribution in [0.2, 0.25) is 10.0 Å². The highest BCUT2D eigenvalue weighted by Crippen LogP contribution is 2.28. The standard InChI is InChI=1S/C15H19Cl2N3O2/c1-18(9-3-4-9)7-10(21)8-20-14-6-12(17)11(16)5-13(14)19(2)15(20)22/h5-6,9-10,21H,3-4,7-8H2,1-2H3. The lowest BCUT2D eigenvalue weighted by Gasteiger charge is -2.20. The molecule has 3 rings (SSSR count). The van der Waals surface area contributed by atoms with Crippen LogP contribution in [0.25, 0.3) is 11.0 Å². The van der Waals surface area contributed by atoms with Gasteiger partial charge in [0.2, 0.25) is 0 Å². The molecule has 1 atom stereocenters. The summed E-state index contributed by atoms with van der Waals surface area (Å²) >= 11 is 12.1. The van der Waals surface area contributed by atoms with Crippen LogP contribution in [0.1, 0.15) is 12.8 Å². The van der Waals surface area contributed by atoms with Gasteiger partial charge in [0.1, 0.15) is 0 Å². The van der Waals surface area contributed by atoms with Crippen LogP contribution in [0.5, 0.6) is 0 Å². The van der Waals surface area contributed by atoms with Crippen molar-refractivity contribution < 1.29 is 5.11 Å². The number of fused-ring (bicyclic) bond motifs is 1. The Kier molecular flexibility index (Phi) is 4.25. The summed E-state index contributed by atoms with van der Waals surface area (Å²) in [6.07, 6.45) is 1.76. The number of aliphatic hydroxyl groups excluding tert-OH is 1. The molecule has 0 spiro atoms. The molecule has 5 nitrogen and oxygen atoms in total. The van der Waals surface area contributed by atoms with Gasteiger partial charge >= 0.3 is 5.69 Å². The van der Waals surface area contributed by atoms with Crippen LogP contribution in [-0.2, 0) is 13.6 Å². The molecular weight excluding hydrogens is 325 g/mol. The largest absolute Gasteiger partial charge is 0.390 e. The predicted octanol–water partition coefficient (Wildman–Crippen LogP) is 2.10. The maximum absolute atomic E-state index is 12.4. The van der Waals surface area contributed by atoms with Crippen LogP contribution < -0.4 is 5.69 Å². The number of hydrogen-bond acceptors (Lipinski definition) is 3. The molecule has 0 bridgehead atoms. The van der Waals surface area contributed by atoms with Gasteiger partial charge in [-0.05, 0) is 32.0 Å². The summed E-state index contributed by atoms with van der Waals surface area (Å²) in [5, 5.41) is 11.1. The van der Waals surface area contributed by atoms with E-state index in [9.17, 15) is 9.90 Å². The van der Waals surface area contributed by atoms with Gasteiger partial charge in [-0.2, -0.15) is 0 Å². The smallest absolute Gasteiger partial charge is 0.328 e. The second kappa shape index (κ2) is 5.89. The number of aryl methyl sites for hydroxylation is 1. The summed E-state index contributed by atoms with van der Waals surface area (Å²) in [4.78, 5) is 14.5. The Bertz CT molecular complexity index is 764. The van der Waals surface area contributed by atoms with Crippen LogP contribution in [0, 0.1) is 0 Å². The molecular formula is C15H19Cl2N3O2. The van der Waals surface area contributed by atoms with Crippen molar-refractivity contribution in [2.75, 3.05) is 13.6 Å². The highest BCUT2D eigenvalue weighted by atomic mass is 35.5. The quantitative estimate of drug-likeness (QED) is 0.904. The summed E-state index contributed by atoms with van der Waals surface area (Å²) in [6, 6.07) is 3.93. The van der Waals surface area contributed by atoms with Gasteiger partial charge in [-0.1, -0.05) is 23.2 Å². The van der Waals surface area contributed by atoms with Crippen molar-refractivity contribution in [2.45, 2.75) is 31.5 Å². The zero-order valence-corrected chi connectivity index (χ0v) is 14.1. The highest BCUT2D eigenvalue weighted by Gasteiger charge is 2.27. The fourth-order valence-electron chi connectivity index (χ4n) is 2.84. The maximum atomic E-state index is 12.4. The van der Waals surface area contributed by atoms with E-state index in [-0.39, 0.29) is 12.2 Å². The molecule has 0 saturated heterocycles. The Hall–Kier alpha value is -1.01. The predicted molar refractivity (Wildman–Crippen MR) is 88.9 cm³/mol. The molecule has 0 aliphatic heterocycles. The molecule has 1 aliphatic rings. The number of imidazole rings is 1. The molecule has 1 unspecified atom stereocenters. The first-order valence-corrected chi connectivity index (χ1v) is 8.06. The number of benzene rings is 1. The van der Waals surface area contributed by atoms with Crippen molar-refractivity contribution in [2.24, 2.45) is 7.05 Å². The molecule has 0 radical (unpaired) electrons. The minimum Gasteiger partial charge on any atom is -0.390 e. The third kappa shape index (κ3) is 2.91. The van der Waals surface area contributed by atoms with Gasteiger partial charge in [0.15, 0.2) is 0 Å². The Morgan fingerprint density at radius 1 is 1.32 bits per heavy atom. The van der Waals surface area contributed by atoms with Gasteiger partial charge in [-0.15, -0.1) is 0 Å². The van der Waals surface area contributed by atoms with Gasteiger partial charge in [0, 0.05) is 19.6 Å². The lowest BCUT2D eigenvalue weighted by atomic mass is 10.3. The van der Waals surface area contributed by atoms with E-state index in [1.807, 2.05) is 7.05 Å². The summed E-state index contributed by atoms with van der Waals surface area (Å²) < 4.78 is 3.08. The molecule has 1 saturated carbocycles. The third-order valence-corrected chi connectivity index (χ3v) is 4.97. The van der Waals surface area contributed by atoms with Crippen molar-refractivity contribution in [3.8, 4) is 0 Å². The minimum absolute atomic E-state index is 0.179. The first-order valence-electron chi connectivity index (χ1n) is 7.31. The highest BCUT2D eigenvalue weighted by molar-refractivity contribution is 6.42. The number of rotatable bonds is 5. The fourth-order valence-corrected chi connectivity index (χ4v) is 3.16. The molecule has 7 heteroatoms. The second-order valence-corrected chi connectivity index (χ2v) is 6.85. The molecule has 1 heterocycles. The van der Waals surface area contributed by atoms with E-state index in [0.717, 1.165) is 0 Å². The topological polar surface area (TPSA) is 50.4 Å². The molecule has 2 aromatic rings. The van der Waals surface area contributed by atoms with Gasteiger partial charge < -0.3 is 10.0 Å². The van der Waals surface area contributed by atoms with Crippen LogP contribution >= 0.6 is 23.2 Å². The number of halogens is 2. The first-order chi connectivity index (χ1) is 10.4. The van der Waals surface area contributed by atoms with Crippen LogP contribution in [0.4, 0.5) is 0 Å². The zero-order chi connectivity index (χ0) is 16.0. The third-order valence-electron chi connectivity index (χ3n) is 4.25. The van der Waals surface area contributed by atoms with Gasteiger partial charge in [0.05, 0.1) is 33.7 Å². The monoisotopic (exact) mass is 343 g/mol. The molecule has 1 aromatic carbocycles. The van der Waals surface area contributed by atoms with Crippen LogP contribution in [0.3, 0.4) is 0 Å². The Labute approximate surface area is 138 Å². The first kappa shape index (κ1) is 15.9. The number of likely N-dealkylation sites (N-methyl/N-ethyl adjacent to an activating group) is 1. The van der Waals surface area contributed by atoms with E-state index in [1.54, 1.807) is 23.7 Å². The van der Waals surface area contributed by atoms with Gasteiger partial charge in [-0.25, -0.2) is 4.79 Å². The van der Waals surface area contributed by atoms with E-state index >= 15 is 0 Å². The summed E-state index contributed by atoms with van der Waals surface area (Å²) in [5.74, 6) is 0. The molecule has 1 fully saturated rings. The normalized spacial score (nSPS) is 16.6. The number of hydrogen-bond donors (Lipinski definition) is 1. The lowest BCUT2D eigenvalue weighted by molar-refractivity contribution is 0.107. The number of aromatic nitrogens is 2. The summed E-state index contributed by atoms with van der Waals surface area (Å²) in [7, 11) is 3.69. The molecule has 1 aromatic heterocycles. The summed E-state index contributed by atoms with van der Waals surface area (Å²) in [5.41, 5.74) is 1.22. The van der Waals surface area contributed by atoms with E-state index in [1.165, 1.54) is 17.4 Å². The lowest BCUT2D eigenvalue weighted by Crippen LogP contribution is -2.36. The van der Waals surface area contributed by atoms with Crippen LogP contribution in [0.15, 0.2) is 16.9 Å². The van der Waals surface area contributed by atoms with Gasteiger partial charge in [0.25, 0.3) is 0 Å². The van der Waals surface area contributed by atoms with Crippen molar-refractivity contribution in [3.63, 3.8) is 0 Å². The Balaban J connectivity index is 1.91. The summed E-state index contributed by atoms with van der Waals surface area (Å²) in [6.45, 7) is 0.792. The van der Waals surface area contributed by atoms with E-state index in [2.05, 4.69) is 4.90 Å². The molecule has 1 aliphatic carbocycles. The van der Waals surface area contributed by atoms with Gasteiger partial charge in [-0.3, -0.25) is 9.13 Å².